The third kappa shape index (κ3) is 34.4. The molecule has 87 heavy (non-hydrogen) atoms. The van der Waals surface area contributed by atoms with Crippen LogP contribution in [0.15, 0.2) is 0 Å². The fourth-order valence-corrected chi connectivity index (χ4v) is 9.43. The van der Waals surface area contributed by atoms with Crippen molar-refractivity contribution in [2.24, 2.45) is 0 Å². The van der Waals surface area contributed by atoms with Gasteiger partial charge in [0.25, 0.3) is 0 Å². The highest BCUT2D eigenvalue weighted by Crippen LogP contribution is 2.19. The summed E-state index contributed by atoms with van der Waals surface area (Å²) in [6, 6.07) is 17.7. The second-order valence-corrected chi connectivity index (χ2v) is 20.2. The molecule has 0 bridgehead atoms. The second kappa shape index (κ2) is 48.5. The Morgan fingerprint density at radius 1 is 0.425 bits per heavy atom. The highest BCUT2D eigenvalue weighted by molar-refractivity contribution is 5.14. The van der Waals surface area contributed by atoms with E-state index in [-0.39, 0.29) is 27.1 Å². The molecule has 6 aliphatic heterocycles. The first-order chi connectivity index (χ1) is 41.5. The number of nitrogens with zero attached hydrogens (tertiary/aromatic N) is 21. The predicted octanol–water partition coefficient (Wildman–Crippen LogP) is 1.24. The summed E-state index contributed by atoms with van der Waals surface area (Å²) in [4.78, 5) is 23.9. The third-order valence-corrected chi connectivity index (χ3v) is 14.3. The van der Waals surface area contributed by atoms with E-state index in [2.05, 4.69) is 90.2 Å². The van der Waals surface area contributed by atoms with Crippen molar-refractivity contribution in [2.45, 2.75) is 64.0 Å². The van der Waals surface area contributed by atoms with Gasteiger partial charge < -0.3 is 4.74 Å². The standard InChI is InChI=1S/C11H14F3N3O.C11H11N5.C10H16N4.C10H15N3.C9H12FN3.C9H13N3.CH4/c1-2-4-16-6-7-17(5-3-15)10(8-16)18-9-11(12,13)14;1-2-10(7-12)15-3-5-16(6-4-15)11(8-13)9-14;11-3-1-5-13-7-9-14(10-8-13)6-2-4-12;1-3-5-12-7-8-13(6-4-11)10(2)9-12;1-2-4-12-6-7-13(5-3-11)9(10)8-12;1-2-4-11-6-8-12(5-3-10)9-7-11;/h1,10H,4-9H2;1,10-11H,3-6H2;1-2,5-10H2;1,10H,5-9H2,2H3;1,9H,4-8H2;1H,4-9H2;1H4. The number of terminal acetylenes is 5. The number of rotatable bonds is 16. The summed E-state index contributed by atoms with van der Waals surface area (Å²) in [5, 5.41) is 77.2. The number of ether oxygens (including phenoxy) is 1. The Balaban J connectivity index is 0.00000102. The number of nitriles is 9. The smallest absolute Gasteiger partial charge is 0.352 e. The predicted molar refractivity (Wildman–Crippen MR) is 321 cm³/mol. The summed E-state index contributed by atoms with van der Waals surface area (Å²) in [7, 11) is 0. The molecule has 26 heteroatoms. The number of halogens is 4. The van der Waals surface area contributed by atoms with E-state index in [1.807, 2.05) is 45.0 Å². The van der Waals surface area contributed by atoms with Crippen LogP contribution in [0.2, 0.25) is 0 Å². The zero-order valence-corrected chi connectivity index (χ0v) is 49.6. The zero-order valence-electron chi connectivity index (χ0n) is 49.6. The second-order valence-electron chi connectivity index (χ2n) is 20.2. The molecule has 4 unspecified atom stereocenters. The van der Waals surface area contributed by atoms with Crippen LogP contribution >= 0.6 is 0 Å². The van der Waals surface area contributed by atoms with Crippen molar-refractivity contribution >= 4 is 0 Å². The van der Waals surface area contributed by atoms with Crippen LogP contribution in [0.1, 0.15) is 27.2 Å². The maximum Gasteiger partial charge on any atom is 0.411 e. The Bertz CT molecular complexity index is 2390. The minimum absolute atomic E-state index is 0. The summed E-state index contributed by atoms with van der Waals surface area (Å²) in [5.41, 5.74) is 0. The van der Waals surface area contributed by atoms with Gasteiger partial charge in [0, 0.05) is 169 Å². The van der Waals surface area contributed by atoms with Gasteiger partial charge in [0.2, 0.25) is 0 Å². The molecule has 0 aromatic rings. The minimum atomic E-state index is -4.37. The fraction of sp³-hybridized carbons (Fsp3) is 0.689. The van der Waals surface area contributed by atoms with Crippen molar-refractivity contribution in [3.05, 3.63) is 0 Å². The molecule has 0 amide bonds. The molecule has 468 valence electrons. The van der Waals surface area contributed by atoms with Crippen molar-refractivity contribution in [3.63, 3.8) is 0 Å². The number of alkyl halides is 4. The molecule has 4 atom stereocenters. The normalized spacial score (nSPS) is 21.4. The molecule has 0 spiro atoms. The molecule has 0 aromatic carbocycles. The van der Waals surface area contributed by atoms with Crippen molar-refractivity contribution < 1.29 is 22.3 Å². The highest BCUT2D eigenvalue weighted by Gasteiger charge is 2.34. The van der Waals surface area contributed by atoms with Crippen LogP contribution in [0.3, 0.4) is 0 Å². The van der Waals surface area contributed by atoms with Crippen molar-refractivity contribution in [1.29, 1.82) is 47.4 Å². The Labute approximate surface area is 516 Å². The monoisotopic (exact) mass is 1200 g/mol. The van der Waals surface area contributed by atoms with E-state index in [0.717, 1.165) is 105 Å². The molecule has 6 rings (SSSR count). The van der Waals surface area contributed by atoms with Crippen LogP contribution in [-0.2, 0) is 4.74 Å². The van der Waals surface area contributed by atoms with Crippen molar-refractivity contribution in [3.8, 4) is 116 Å². The molecular weight excluding hydrogens is 1120 g/mol. The molecule has 0 radical (unpaired) electrons. The van der Waals surface area contributed by atoms with Crippen LogP contribution in [0.4, 0.5) is 17.6 Å². The lowest BCUT2D eigenvalue weighted by atomic mass is 10.2. The molecule has 6 saturated heterocycles. The van der Waals surface area contributed by atoms with Crippen LogP contribution in [-0.4, -0.2) is 305 Å². The van der Waals surface area contributed by atoms with Crippen LogP contribution in [0.25, 0.3) is 0 Å². The molecule has 22 nitrogen and oxygen atoms in total. The van der Waals surface area contributed by atoms with E-state index in [1.165, 1.54) is 4.90 Å². The maximum absolute atomic E-state index is 13.3. The largest absolute Gasteiger partial charge is 0.411 e. The summed E-state index contributed by atoms with van der Waals surface area (Å²) in [5.74, 6) is 12.6. The number of piperazine rings is 6. The Morgan fingerprint density at radius 3 is 1.17 bits per heavy atom. The first kappa shape index (κ1) is 79.4. The Hall–Kier alpha value is -7.59. The molecular formula is C61H85F4N21O. The molecule has 0 aromatic heterocycles. The van der Waals surface area contributed by atoms with Crippen LogP contribution < -0.4 is 0 Å². The average Bonchev–Trinajstić information content (AvgIpc) is 3.62. The lowest BCUT2D eigenvalue weighted by Crippen LogP contribution is -2.54. The van der Waals surface area contributed by atoms with Gasteiger partial charge in [0.15, 0.2) is 18.4 Å². The maximum atomic E-state index is 13.3. The first-order valence-electron chi connectivity index (χ1n) is 28.2. The summed E-state index contributed by atoms with van der Waals surface area (Å²) in [6.45, 7) is 22.6. The van der Waals surface area contributed by atoms with E-state index in [1.54, 1.807) is 9.80 Å². The summed E-state index contributed by atoms with van der Waals surface area (Å²) >= 11 is 0. The zero-order chi connectivity index (χ0) is 64.0. The van der Waals surface area contributed by atoms with Gasteiger partial charge in [0.05, 0.1) is 107 Å². The van der Waals surface area contributed by atoms with Crippen molar-refractivity contribution in [1.82, 2.24) is 58.8 Å². The van der Waals surface area contributed by atoms with Gasteiger partial charge in [-0.15, -0.1) is 32.1 Å². The highest BCUT2D eigenvalue weighted by atomic mass is 19.4. The SMILES string of the molecule is C.C#CC(C#N)N1CCN(C(C#N)C#N)CC1.C#CCN1CCN(CC#N)C(C)C1.C#CCN1CCN(CC#N)C(F)C1.C#CCN1CCN(CC#N)C(OCC(F)(F)F)C1.C#CCN1CCN(CC#N)CC1.N#CCCN1CCN(CCC#N)CC1. The Kier molecular flexibility index (Phi) is 44.3. The van der Waals surface area contributed by atoms with Gasteiger partial charge in [-0.3, -0.25) is 58.8 Å². The molecule has 6 heterocycles. The van der Waals surface area contributed by atoms with E-state index in [4.69, 9.17) is 84.2 Å². The van der Waals surface area contributed by atoms with Crippen molar-refractivity contribution in [2.75, 3.05) is 209 Å². The number of hydrogen-bond acceptors (Lipinski definition) is 22. The number of hydrogen-bond donors (Lipinski definition) is 0. The van der Waals surface area contributed by atoms with E-state index >= 15 is 0 Å². The van der Waals surface area contributed by atoms with Crippen LogP contribution in [0.5, 0.6) is 0 Å². The molecule has 6 aliphatic rings. The van der Waals surface area contributed by atoms with E-state index < -0.39 is 37.4 Å². The van der Waals surface area contributed by atoms with E-state index in [0.29, 0.717) is 97.4 Å². The van der Waals surface area contributed by atoms with Gasteiger partial charge in [-0.2, -0.15) is 60.5 Å². The average molecular weight is 1200 g/mol. The van der Waals surface area contributed by atoms with Gasteiger partial charge in [-0.05, 0) is 6.92 Å². The third-order valence-electron chi connectivity index (χ3n) is 14.3. The lowest BCUT2D eigenvalue weighted by molar-refractivity contribution is -0.209. The lowest BCUT2D eigenvalue weighted by Gasteiger charge is -2.39. The molecule has 0 saturated carbocycles. The molecule has 0 aliphatic carbocycles. The summed E-state index contributed by atoms with van der Waals surface area (Å²) in [6.07, 6.45) is 21.0. The molecule has 6 fully saturated rings. The quantitative estimate of drug-likeness (QED) is 0.0911. The van der Waals surface area contributed by atoms with Gasteiger partial charge in [-0.25, -0.2) is 4.39 Å². The first-order valence-corrected chi connectivity index (χ1v) is 28.2. The summed E-state index contributed by atoms with van der Waals surface area (Å²) < 4.78 is 54.4. The van der Waals surface area contributed by atoms with Crippen LogP contribution in [0, 0.1) is 164 Å². The minimum Gasteiger partial charge on any atom is -0.352 e. The molecule has 0 N–H and O–H groups in total. The van der Waals surface area contributed by atoms with Gasteiger partial charge in [0.1, 0.15) is 12.8 Å². The topological polar surface area (TPSA) is 262 Å². The van der Waals surface area contributed by atoms with E-state index in [9.17, 15) is 17.6 Å². The fourth-order valence-electron chi connectivity index (χ4n) is 9.43. The van der Waals surface area contributed by atoms with Gasteiger partial charge >= 0.3 is 6.18 Å². The van der Waals surface area contributed by atoms with Gasteiger partial charge in [-0.1, -0.05) is 37.0 Å². The Morgan fingerprint density at radius 2 is 0.782 bits per heavy atom.